The minimum absolute atomic E-state index is 0.0229. The lowest BCUT2D eigenvalue weighted by Crippen LogP contribution is -2.39. The topological polar surface area (TPSA) is 98.8 Å². The van der Waals surface area contributed by atoms with E-state index >= 15 is 0 Å². The Morgan fingerprint density at radius 3 is 2.37 bits per heavy atom. The number of carbonyl (C=O) groups excluding carboxylic acids is 2. The number of rotatable bonds is 6. The fraction of sp³-hybridized carbons (Fsp3) is 0.579. The number of benzene rings is 1. The van der Waals surface area contributed by atoms with E-state index in [-0.39, 0.29) is 16.9 Å². The zero-order chi connectivity index (χ0) is 20.2. The molecule has 0 aromatic heterocycles. The van der Waals surface area contributed by atoms with Gasteiger partial charge < -0.3 is 14.8 Å². The van der Waals surface area contributed by atoms with Crippen molar-refractivity contribution in [1.29, 1.82) is 0 Å². The number of amides is 1. The van der Waals surface area contributed by atoms with Crippen LogP contribution < -0.4 is 10.1 Å². The molecule has 1 aromatic carbocycles. The Kier molecular flexibility index (Phi) is 6.51. The van der Waals surface area contributed by atoms with Crippen molar-refractivity contribution in [2.24, 2.45) is 0 Å². The van der Waals surface area contributed by atoms with Gasteiger partial charge in [0.25, 0.3) is 5.91 Å². The molecule has 150 valence electrons. The largest absolute Gasteiger partial charge is 0.479 e. The average Bonchev–Trinajstić information content (AvgIpc) is 2.90. The quantitative estimate of drug-likeness (QED) is 0.732. The minimum Gasteiger partial charge on any atom is -0.479 e. The molecule has 0 spiro atoms. The van der Waals surface area contributed by atoms with Crippen molar-refractivity contribution < 1.29 is 27.5 Å². The average molecular weight is 397 g/mol. The van der Waals surface area contributed by atoms with E-state index < -0.39 is 40.5 Å². The molecule has 1 aliphatic rings. The fourth-order valence-electron chi connectivity index (χ4n) is 2.72. The molecule has 0 bridgehead atoms. The van der Waals surface area contributed by atoms with Gasteiger partial charge >= 0.3 is 5.97 Å². The van der Waals surface area contributed by atoms with E-state index in [9.17, 15) is 18.0 Å². The Morgan fingerprint density at radius 1 is 1.22 bits per heavy atom. The van der Waals surface area contributed by atoms with Crippen LogP contribution in [0.4, 0.5) is 0 Å². The van der Waals surface area contributed by atoms with E-state index in [0.29, 0.717) is 12.2 Å². The first-order valence-electron chi connectivity index (χ1n) is 8.90. The van der Waals surface area contributed by atoms with Crippen LogP contribution >= 0.6 is 0 Å². The van der Waals surface area contributed by atoms with Crippen molar-refractivity contribution >= 4 is 21.7 Å². The van der Waals surface area contributed by atoms with E-state index in [4.69, 9.17) is 9.47 Å². The van der Waals surface area contributed by atoms with Crippen LogP contribution in [-0.4, -0.2) is 50.6 Å². The van der Waals surface area contributed by atoms with Crippen LogP contribution in [0.15, 0.2) is 24.3 Å². The van der Waals surface area contributed by atoms with Gasteiger partial charge in [-0.25, -0.2) is 13.2 Å². The van der Waals surface area contributed by atoms with Gasteiger partial charge in [0.1, 0.15) is 5.75 Å². The molecular formula is C19H27NO6S. The summed E-state index contributed by atoms with van der Waals surface area (Å²) in [5, 5.41) is 2.56. The Balaban J connectivity index is 1.77. The van der Waals surface area contributed by atoms with Crippen LogP contribution in [0.3, 0.4) is 0 Å². The molecule has 1 aliphatic heterocycles. The molecule has 1 saturated heterocycles. The predicted molar refractivity (Wildman–Crippen MR) is 101 cm³/mol. The zero-order valence-corrected chi connectivity index (χ0v) is 17.0. The third-order valence-corrected chi connectivity index (χ3v) is 6.08. The van der Waals surface area contributed by atoms with Crippen molar-refractivity contribution in [2.45, 2.75) is 51.7 Å². The molecule has 0 unspecified atom stereocenters. The third-order valence-electron chi connectivity index (χ3n) is 4.31. The first kappa shape index (κ1) is 21.2. The molecule has 1 fully saturated rings. The summed E-state index contributed by atoms with van der Waals surface area (Å²) in [6.07, 6.45) is -0.489. The molecule has 2 rings (SSSR count). The lowest BCUT2D eigenvalue weighted by atomic mass is 9.87. The normalized spacial score (nSPS) is 19.9. The van der Waals surface area contributed by atoms with Crippen LogP contribution in [-0.2, 0) is 29.6 Å². The van der Waals surface area contributed by atoms with Crippen LogP contribution in [0.25, 0.3) is 0 Å². The molecule has 0 aliphatic carbocycles. The molecule has 1 N–H and O–H groups in total. The Labute approximate surface area is 160 Å². The molecule has 2 atom stereocenters. The van der Waals surface area contributed by atoms with Crippen molar-refractivity contribution in [2.75, 3.05) is 18.1 Å². The summed E-state index contributed by atoms with van der Waals surface area (Å²) in [4.78, 5) is 23.8. The highest BCUT2D eigenvalue weighted by molar-refractivity contribution is 7.91. The van der Waals surface area contributed by atoms with Gasteiger partial charge in [-0.1, -0.05) is 32.9 Å². The summed E-state index contributed by atoms with van der Waals surface area (Å²) in [6.45, 7) is 7.40. The van der Waals surface area contributed by atoms with Crippen LogP contribution in [0.1, 0.15) is 39.7 Å². The first-order chi connectivity index (χ1) is 12.5. The zero-order valence-electron chi connectivity index (χ0n) is 16.2. The highest BCUT2D eigenvalue weighted by Crippen LogP contribution is 2.24. The molecule has 27 heavy (non-hydrogen) atoms. The van der Waals surface area contributed by atoms with Gasteiger partial charge in [0.05, 0.1) is 11.5 Å². The summed E-state index contributed by atoms with van der Waals surface area (Å²) in [6, 6.07) is 7.04. The monoisotopic (exact) mass is 397 g/mol. The minimum atomic E-state index is -3.08. The van der Waals surface area contributed by atoms with Gasteiger partial charge in [-0.3, -0.25) is 4.79 Å². The lowest BCUT2D eigenvalue weighted by Gasteiger charge is -2.20. The van der Waals surface area contributed by atoms with Gasteiger partial charge in [-0.15, -0.1) is 0 Å². The van der Waals surface area contributed by atoms with E-state index in [0.717, 1.165) is 5.56 Å². The van der Waals surface area contributed by atoms with Crippen LogP contribution in [0.2, 0.25) is 0 Å². The molecular weight excluding hydrogens is 370 g/mol. The first-order valence-corrected chi connectivity index (χ1v) is 10.7. The summed E-state index contributed by atoms with van der Waals surface area (Å²) in [5.74, 6) is -0.655. The second kappa shape index (κ2) is 8.29. The summed E-state index contributed by atoms with van der Waals surface area (Å²) in [7, 11) is -3.08. The van der Waals surface area contributed by atoms with Gasteiger partial charge in [-0.2, -0.15) is 0 Å². The number of nitrogens with one attached hydrogen (secondary N) is 1. The summed E-state index contributed by atoms with van der Waals surface area (Å²) < 4.78 is 33.3. The third kappa shape index (κ3) is 6.53. The highest BCUT2D eigenvalue weighted by atomic mass is 32.2. The van der Waals surface area contributed by atoms with Gasteiger partial charge in [0, 0.05) is 6.04 Å². The number of sulfone groups is 1. The number of ether oxygens (including phenoxy) is 2. The highest BCUT2D eigenvalue weighted by Gasteiger charge is 2.29. The van der Waals surface area contributed by atoms with Crippen molar-refractivity contribution in [3.8, 4) is 5.75 Å². The smallest absolute Gasteiger partial charge is 0.347 e. The van der Waals surface area contributed by atoms with Crippen molar-refractivity contribution in [3.63, 3.8) is 0 Å². The number of esters is 1. The molecule has 1 heterocycles. The van der Waals surface area contributed by atoms with E-state index in [2.05, 4.69) is 26.1 Å². The number of hydrogen-bond donors (Lipinski definition) is 1. The number of hydrogen-bond acceptors (Lipinski definition) is 6. The second-order valence-corrected chi connectivity index (χ2v) is 10.0. The van der Waals surface area contributed by atoms with Gasteiger partial charge in [-0.05, 0) is 36.5 Å². The number of carbonyl (C=O) groups is 2. The van der Waals surface area contributed by atoms with Gasteiger partial charge in [0.15, 0.2) is 22.5 Å². The maximum atomic E-state index is 12.0. The van der Waals surface area contributed by atoms with Crippen LogP contribution in [0.5, 0.6) is 5.75 Å². The molecule has 0 saturated carbocycles. The lowest BCUT2D eigenvalue weighted by molar-refractivity contribution is -0.154. The fourth-order valence-corrected chi connectivity index (χ4v) is 4.39. The van der Waals surface area contributed by atoms with E-state index in [1.165, 1.54) is 0 Å². The Bertz CT molecular complexity index is 779. The molecule has 7 nitrogen and oxygen atoms in total. The maximum absolute atomic E-state index is 12.0. The van der Waals surface area contributed by atoms with E-state index in [1.807, 2.05) is 12.1 Å². The predicted octanol–water partition coefficient (Wildman–Crippen LogP) is 1.60. The second-order valence-electron chi connectivity index (χ2n) is 7.81. The molecule has 8 heteroatoms. The van der Waals surface area contributed by atoms with Gasteiger partial charge in [0.2, 0.25) is 0 Å². The SMILES string of the molecule is C[C@H](Oc1ccc(C(C)(C)C)cc1)C(=O)OCC(=O)N[C@@H]1CCS(=O)(=O)C1. The van der Waals surface area contributed by atoms with Crippen molar-refractivity contribution in [1.82, 2.24) is 5.32 Å². The molecule has 1 aromatic rings. The maximum Gasteiger partial charge on any atom is 0.347 e. The van der Waals surface area contributed by atoms with Crippen LogP contribution in [0, 0.1) is 0 Å². The summed E-state index contributed by atoms with van der Waals surface area (Å²) >= 11 is 0. The molecule has 1 amide bonds. The van der Waals surface area contributed by atoms with Crippen molar-refractivity contribution in [3.05, 3.63) is 29.8 Å². The van der Waals surface area contributed by atoms with E-state index in [1.54, 1.807) is 19.1 Å². The molecule has 0 radical (unpaired) electrons. The Hall–Kier alpha value is -2.09. The summed E-state index contributed by atoms with van der Waals surface area (Å²) in [5.41, 5.74) is 1.17. The standard InChI is InChI=1S/C19H27NO6S/c1-13(26-16-7-5-14(6-8-16)19(2,3)4)18(22)25-11-17(21)20-15-9-10-27(23,24)12-15/h5-8,13,15H,9-12H2,1-4H3,(H,20,21)/t13-,15+/m0/s1. The Morgan fingerprint density at radius 2 is 1.85 bits per heavy atom.